The maximum Gasteiger partial charge on any atom is 0.123 e. The molecule has 5 heteroatoms. The molecule has 1 nitrogen and oxygen atoms in total. The zero-order valence-electron chi connectivity index (χ0n) is 15.9. The van der Waals surface area contributed by atoms with Gasteiger partial charge in [0.1, 0.15) is 10.9 Å². The Balaban J connectivity index is 1.75. The third kappa shape index (κ3) is 5.72. The molecule has 1 aromatic heterocycles. The molecule has 0 N–H and O–H groups in total. The third-order valence-corrected chi connectivity index (χ3v) is 6.90. The molecule has 0 radical (unpaired) electrons. The fourth-order valence-electron chi connectivity index (χ4n) is 2.64. The van der Waals surface area contributed by atoms with Crippen LogP contribution in [0.5, 0.6) is 0 Å². The fourth-order valence-corrected chi connectivity index (χ4v) is 5.33. The van der Waals surface area contributed by atoms with Crippen LogP contribution in [0.2, 0.25) is 0 Å². The molecule has 0 saturated heterocycles. The molecule has 0 amide bonds. The molecule has 148 valence electrons. The molecule has 30 heavy (non-hydrogen) atoms. The maximum atomic E-state index is 13.3. The van der Waals surface area contributed by atoms with Gasteiger partial charge in [-0.3, -0.25) is 0 Å². The van der Waals surface area contributed by atoms with E-state index in [0.29, 0.717) is 0 Å². The van der Waals surface area contributed by atoms with E-state index in [1.165, 1.54) is 12.1 Å². The standard InChI is InChI=1S/C25H18FNS3/c26-19-13-15-21(16-14-19)29-18-23(24-12-7-17-28-24)25(27-20-8-3-1-4-9-20)30-22-10-5-2-6-11-22/h1-18H/b23-18+,27-25-. The Labute approximate surface area is 188 Å². The Morgan fingerprint density at radius 3 is 2.13 bits per heavy atom. The van der Waals surface area contributed by atoms with Crippen LogP contribution in [0.4, 0.5) is 10.1 Å². The molecule has 0 fully saturated rings. The fraction of sp³-hybridized carbons (Fsp3) is 0. The van der Waals surface area contributed by atoms with Crippen LogP contribution in [-0.4, -0.2) is 5.04 Å². The predicted molar refractivity (Wildman–Crippen MR) is 130 cm³/mol. The van der Waals surface area contributed by atoms with Gasteiger partial charge in [0.2, 0.25) is 0 Å². The Morgan fingerprint density at radius 1 is 0.767 bits per heavy atom. The number of hydrogen-bond donors (Lipinski definition) is 0. The van der Waals surface area contributed by atoms with Crippen molar-refractivity contribution in [1.29, 1.82) is 0 Å². The van der Waals surface area contributed by atoms with Crippen molar-refractivity contribution in [3.05, 3.63) is 119 Å². The molecule has 1 heterocycles. The van der Waals surface area contributed by atoms with Gasteiger partial charge in [0.15, 0.2) is 0 Å². The minimum absolute atomic E-state index is 0.229. The van der Waals surface area contributed by atoms with Crippen molar-refractivity contribution in [1.82, 2.24) is 0 Å². The first kappa shape index (κ1) is 20.7. The lowest BCUT2D eigenvalue weighted by Crippen LogP contribution is -1.96. The van der Waals surface area contributed by atoms with Crippen LogP contribution in [0, 0.1) is 5.82 Å². The molecule has 0 unspecified atom stereocenters. The van der Waals surface area contributed by atoms with E-state index in [9.17, 15) is 4.39 Å². The van der Waals surface area contributed by atoms with Crippen molar-refractivity contribution >= 4 is 51.2 Å². The summed E-state index contributed by atoms with van der Waals surface area (Å²) < 4.78 is 13.3. The molecule has 0 aliphatic rings. The SMILES string of the molecule is Fc1ccc(S/C=C(/C(=N/c2ccccc2)Sc2ccccc2)c2cccs2)cc1. The molecule has 0 bridgehead atoms. The first-order valence-electron chi connectivity index (χ1n) is 9.31. The second kappa shape index (κ2) is 10.4. The first-order chi connectivity index (χ1) is 14.8. The molecular weight excluding hydrogens is 429 g/mol. The van der Waals surface area contributed by atoms with Crippen molar-refractivity contribution in [2.75, 3.05) is 0 Å². The predicted octanol–water partition coefficient (Wildman–Crippen LogP) is 8.54. The first-order valence-corrected chi connectivity index (χ1v) is 11.9. The van der Waals surface area contributed by atoms with Crippen LogP contribution in [0.25, 0.3) is 5.57 Å². The summed E-state index contributed by atoms with van der Waals surface area (Å²) in [5.41, 5.74) is 1.96. The third-order valence-electron chi connectivity index (χ3n) is 4.09. The van der Waals surface area contributed by atoms with Crippen molar-refractivity contribution in [3.8, 4) is 0 Å². The molecular formula is C25H18FNS3. The number of benzene rings is 3. The molecule has 0 aliphatic heterocycles. The van der Waals surface area contributed by atoms with Gasteiger partial charge >= 0.3 is 0 Å². The summed E-state index contributed by atoms with van der Waals surface area (Å²) in [6, 6.07) is 30.9. The van der Waals surface area contributed by atoms with Crippen LogP contribution in [-0.2, 0) is 0 Å². The molecule has 0 spiro atoms. The van der Waals surface area contributed by atoms with Gasteiger partial charge < -0.3 is 0 Å². The number of aliphatic imine (C=N–C) groups is 1. The number of halogens is 1. The largest absolute Gasteiger partial charge is 0.241 e. The number of thiophene rings is 1. The lowest BCUT2D eigenvalue weighted by Gasteiger charge is -2.11. The summed E-state index contributed by atoms with van der Waals surface area (Å²) in [5.74, 6) is -0.229. The molecule has 4 rings (SSSR count). The minimum atomic E-state index is -0.229. The monoisotopic (exact) mass is 447 g/mol. The summed E-state index contributed by atoms with van der Waals surface area (Å²) >= 11 is 4.89. The number of para-hydroxylation sites is 1. The molecule has 4 aromatic rings. The normalized spacial score (nSPS) is 12.2. The van der Waals surface area contributed by atoms with Gasteiger partial charge in [-0.25, -0.2) is 9.38 Å². The van der Waals surface area contributed by atoms with E-state index < -0.39 is 0 Å². The molecule has 3 aromatic carbocycles. The lowest BCUT2D eigenvalue weighted by atomic mass is 10.2. The van der Waals surface area contributed by atoms with Crippen molar-refractivity contribution in [2.24, 2.45) is 4.99 Å². The second-order valence-corrected chi connectivity index (χ2v) is 9.20. The average Bonchev–Trinajstić information content (AvgIpc) is 3.31. The average molecular weight is 448 g/mol. The van der Waals surface area contributed by atoms with E-state index in [4.69, 9.17) is 4.99 Å². The number of hydrogen-bond acceptors (Lipinski definition) is 4. The Bertz CT molecular complexity index is 1120. The second-order valence-electron chi connectivity index (χ2n) is 6.25. The molecule has 0 atom stereocenters. The van der Waals surface area contributed by atoms with Crippen LogP contribution < -0.4 is 0 Å². The number of nitrogens with zero attached hydrogens (tertiary/aromatic N) is 1. The topological polar surface area (TPSA) is 12.4 Å². The summed E-state index contributed by atoms with van der Waals surface area (Å²) in [6.07, 6.45) is 0. The Hall–Kier alpha value is -2.60. The highest BCUT2D eigenvalue weighted by Gasteiger charge is 2.14. The highest BCUT2D eigenvalue weighted by Crippen LogP contribution is 2.35. The maximum absolute atomic E-state index is 13.3. The van der Waals surface area contributed by atoms with Gasteiger partial charge in [0.05, 0.1) is 5.69 Å². The molecule has 0 saturated carbocycles. The van der Waals surface area contributed by atoms with E-state index in [1.54, 1.807) is 47.0 Å². The Kier molecular flexibility index (Phi) is 7.19. The lowest BCUT2D eigenvalue weighted by molar-refractivity contribution is 0.626. The van der Waals surface area contributed by atoms with Gasteiger partial charge in [-0.2, -0.15) is 0 Å². The smallest absolute Gasteiger partial charge is 0.123 e. The van der Waals surface area contributed by atoms with Crippen molar-refractivity contribution < 1.29 is 4.39 Å². The van der Waals surface area contributed by atoms with Crippen molar-refractivity contribution in [3.63, 3.8) is 0 Å². The van der Waals surface area contributed by atoms with Crippen LogP contribution >= 0.6 is 34.9 Å². The highest BCUT2D eigenvalue weighted by atomic mass is 32.2. The van der Waals surface area contributed by atoms with Gasteiger partial charge in [0, 0.05) is 20.2 Å². The highest BCUT2D eigenvalue weighted by molar-refractivity contribution is 8.15. The quantitative estimate of drug-likeness (QED) is 0.167. The minimum Gasteiger partial charge on any atom is -0.241 e. The van der Waals surface area contributed by atoms with Crippen LogP contribution in [0.15, 0.2) is 123 Å². The van der Waals surface area contributed by atoms with E-state index in [0.717, 1.165) is 31.0 Å². The van der Waals surface area contributed by atoms with E-state index in [1.807, 2.05) is 54.6 Å². The summed E-state index contributed by atoms with van der Waals surface area (Å²) in [6.45, 7) is 0. The van der Waals surface area contributed by atoms with E-state index in [-0.39, 0.29) is 5.82 Å². The summed E-state index contributed by atoms with van der Waals surface area (Å²) in [5, 5.41) is 5.10. The zero-order chi connectivity index (χ0) is 20.6. The van der Waals surface area contributed by atoms with Crippen molar-refractivity contribution in [2.45, 2.75) is 9.79 Å². The van der Waals surface area contributed by atoms with Gasteiger partial charge in [-0.1, -0.05) is 66.0 Å². The number of rotatable bonds is 6. The van der Waals surface area contributed by atoms with Gasteiger partial charge in [-0.15, -0.1) is 11.3 Å². The summed E-state index contributed by atoms with van der Waals surface area (Å²) in [4.78, 5) is 8.23. The van der Waals surface area contributed by atoms with Gasteiger partial charge in [0.25, 0.3) is 0 Å². The summed E-state index contributed by atoms with van der Waals surface area (Å²) in [7, 11) is 0. The van der Waals surface area contributed by atoms with E-state index >= 15 is 0 Å². The Morgan fingerprint density at radius 2 is 1.47 bits per heavy atom. The number of thioether (sulfide) groups is 2. The van der Waals surface area contributed by atoms with E-state index in [2.05, 4.69) is 29.0 Å². The molecule has 0 aliphatic carbocycles. The zero-order valence-corrected chi connectivity index (χ0v) is 18.4. The van der Waals surface area contributed by atoms with Crippen LogP contribution in [0.3, 0.4) is 0 Å². The van der Waals surface area contributed by atoms with Crippen LogP contribution in [0.1, 0.15) is 4.88 Å². The van der Waals surface area contributed by atoms with Gasteiger partial charge in [-0.05, 0) is 65.4 Å².